The Balaban J connectivity index is 1.46. The van der Waals surface area contributed by atoms with Crippen LogP contribution < -0.4 is 9.47 Å². The van der Waals surface area contributed by atoms with E-state index in [0.717, 1.165) is 23.7 Å². The van der Waals surface area contributed by atoms with Gasteiger partial charge in [0, 0.05) is 6.42 Å². The van der Waals surface area contributed by atoms with Crippen molar-refractivity contribution in [2.24, 2.45) is 5.41 Å². The van der Waals surface area contributed by atoms with Crippen LogP contribution in [-0.4, -0.2) is 12.9 Å². The first-order valence-electron chi connectivity index (χ1n) is 8.45. The minimum Gasteiger partial charge on any atom is -0.486 e. The van der Waals surface area contributed by atoms with Crippen LogP contribution in [0.1, 0.15) is 27.2 Å². The quantitative estimate of drug-likeness (QED) is 0.695. The molecule has 0 spiro atoms. The summed E-state index contributed by atoms with van der Waals surface area (Å²) in [4.78, 5) is 0. The molecule has 0 saturated carbocycles. The highest BCUT2D eigenvalue weighted by molar-refractivity contribution is 5.35. The van der Waals surface area contributed by atoms with E-state index in [4.69, 9.17) is 18.9 Å². The molecule has 0 fully saturated rings. The lowest BCUT2D eigenvalue weighted by Gasteiger charge is -2.22. The van der Waals surface area contributed by atoms with Crippen molar-refractivity contribution in [1.29, 1.82) is 0 Å². The van der Waals surface area contributed by atoms with Gasteiger partial charge in [0.15, 0.2) is 5.76 Å². The molecule has 1 atom stereocenters. The second-order valence-corrected chi connectivity index (χ2v) is 7.21. The van der Waals surface area contributed by atoms with Gasteiger partial charge in [-0.15, -0.1) is 0 Å². The van der Waals surface area contributed by atoms with Gasteiger partial charge < -0.3 is 18.9 Å². The molecule has 132 valence electrons. The fourth-order valence-electron chi connectivity index (χ4n) is 2.42. The van der Waals surface area contributed by atoms with E-state index in [1.165, 1.54) is 0 Å². The first kappa shape index (κ1) is 17.2. The molecule has 0 N–H and O–H groups in total. The second kappa shape index (κ2) is 7.51. The van der Waals surface area contributed by atoms with Crippen molar-refractivity contribution in [3.63, 3.8) is 0 Å². The van der Waals surface area contributed by atoms with Gasteiger partial charge in [0.2, 0.25) is 6.29 Å². The molecule has 4 nitrogen and oxygen atoms in total. The maximum Gasteiger partial charge on any atom is 0.240 e. The molecule has 0 aromatic heterocycles. The number of para-hydroxylation sites is 1. The number of ether oxygens (including phenoxy) is 4. The van der Waals surface area contributed by atoms with Crippen LogP contribution in [0.15, 0.2) is 66.6 Å². The summed E-state index contributed by atoms with van der Waals surface area (Å²) < 4.78 is 22.8. The molecule has 1 aliphatic heterocycles. The van der Waals surface area contributed by atoms with E-state index in [2.05, 4.69) is 20.8 Å². The van der Waals surface area contributed by atoms with E-state index in [0.29, 0.717) is 12.4 Å². The van der Waals surface area contributed by atoms with Crippen LogP contribution in [0.25, 0.3) is 0 Å². The van der Waals surface area contributed by atoms with E-state index in [9.17, 15) is 0 Å². The second-order valence-electron chi connectivity index (χ2n) is 7.21. The molecule has 4 heteroatoms. The van der Waals surface area contributed by atoms with Gasteiger partial charge in [-0.05, 0) is 41.8 Å². The molecular formula is C21H24O4. The minimum atomic E-state index is -0.222. The monoisotopic (exact) mass is 340 g/mol. The highest BCUT2D eigenvalue weighted by Crippen LogP contribution is 2.28. The number of hydrogen-bond acceptors (Lipinski definition) is 4. The van der Waals surface area contributed by atoms with Crippen LogP contribution in [-0.2, 0) is 9.47 Å². The summed E-state index contributed by atoms with van der Waals surface area (Å²) >= 11 is 0. The number of benzene rings is 2. The van der Waals surface area contributed by atoms with Crippen LogP contribution >= 0.6 is 0 Å². The third kappa shape index (κ3) is 5.45. The zero-order valence-electron chi connectivity index (χ0n) is 14.9. The summed E-state index contributed by atoms with van der Waals surface area (Å²) in [5, 5.41) is 0. The lowest BCUT2D eigenvalue weighted by atomic mass is 9.92. The minimum absolute atomic E-state index is 0.156. The Labute approximate surface area is 149 Å². The third-order valence-corrected chi connectivity index (χ3v) is 3.60. The third-order valence-electron chi connectivity index (χ3n) is 3.60. The van der Waals surface area contributed by atoms with Gasteiger partial charge in [-0.25, -0.2) is 0 Å². The van der Waals surface area contributed by atoms with Crippen LogP contribution in [0, 0.1) is 5.41 Å². The smallest absolute Gasteiger partial charge is 0.240 e. The van der Waals surface area contributed by atoms with E-state index >= 15 is 0 Å². The van der Waals surface area contributed by atoms with E-state index in [1.807, 2.05) is 54.6 Å². The van der Waals surface area contributed by atoms with Gasteiger partial charge >= 0.3 is 0 Å². The van der Waals surface area contributed by atoms with E-state index in [-0.39, 0.29) is 11.7 Å². The van der Waals surface area contributed by atoms with Crippen molar-refractivity contribution in [3.05, 3.63) is 66.6 Å². The molecule has 3 rings (SSSR count). The summed E-state index contributed by atoms with van der Waals surface area (Å²) in [5.41, 5.74) is 0.156. The molecule has 0 amide bonds. The summed E-state index contributed by atoms with van der Waals surface area (Å²) in [7, 11) is 0. The number of rotatable bonds is 6. The van der Waals surface area contributed by atoms with Crippen molar-refractivity contribution in [3.8, 4) is 17.2 Å². The highest BCUT2D eigenvalue weighted by atomic mass is 16.7. The van der Waals surface area contributed by atoms with Crippen molar-refractivity contribution in [2.45, 2.75) is 33.5 Å². The average Bonchev–Trinajstić information content (AvgIpc) is 3.01. The average molecular weight is 340 g/mol. The first-order chi connectivity index (χ1) is 12.0. The SMILES string of the molecule is CC(C)(C)CC1OC=C(COc2ccc(Oc3ccccc3)cc2)O1. The summed E-state index contributed by atoms with van der Waals surface area (Å²) in [5.74, 6) is 3.04. The standard InChI is InChI=1S/C21H24O4/c1-21(2,3)13-20-23-15-19(25-20)14-22-16-9-11-18(12-10-16)24-17-7-5-4-6-8-17/h4-12,15,20H,13-14H2,1-3H3. The zero-order chi connectivity index (χ0) is 17.7. The fourth-order valence-corrected chi connectivity index (χ4v) is 2.42. The Kier molecular flexibility index (Phi) is 5.17. The lowest BCUT2D eigenvalue weighted by molar-refractivity contribution is -0.0599. The predicted octanol–water partition coefficient (Wildman–Crippen LogP) is 5.51. The molecule has 0 saturated heterocycles. The summed E-state index contributed by atoms with van der Waals surface area (Å²) in [6.45, 7) is 6.83. The van der Waals surface area contributed by atoms with Crippen LogP contribution in [0.2, 0.25) is 0 Å². The molecular weight excluding hydrogens is 316 g/mol. The van der Waals surface area contributed by atoms with Crippen LogP contribution in [0.4, 0.5) is 0 Å². The Morgan fingerprint density at radius 3 is 2.20 bits per heavy atom. The predicted molar refractivity (Wildman–Crippen MR) is 96.6 cm³/mol. The van der Waals surface area contributed by atoms with Gasteiger partial charge in [0.1, 0.15) is 30.1 Å². The normalized spacial score (nSPS) is 16.6. The lowest BCUT2D eigenvalue weighted by Crippen LogP contribution is -2.19. The fraction of sp³-hybridized carbons (Fsp3) is 0.333. The van der Waals surface area contributed by atoms with E-state index in [1.54, 1.807) is 6.26 Å². The van der Waals surface area contributed by atoms with Gasteiger partial charge in [-0.3, -0.25) is 0 Å². The summed E-state index contributed by atoms with van der Waals surface area (Å²) in [6.07, 6.45) is 2.25. The Bertz CT molecular complexity index is 699. The molecule has 0 radical (unpaired) electrons. The maximum absolute atomic E-state index is 5.76. The molecule has 2 aromatic carbocycles. The molecule has 2 aromatic rings. The Hall–Kier alpha value is -2.62. The van der Waals surface area contributed by atoms with Gasteiger partial charge in [0.05, 0.1) is 0 Å². The van der Waals surface area contributed by atoms with Crippen molar-refractivity contribution in [1.82, 2.24) is 0 Å². The van der Waals surface area contributed by atoms with Crippen LogP contribution in [0.3, 0.4) is 0 Å². The molecule has 1 heterocycles. The Morgan fingerprint density at radius 2 is 1.52 bits per heavy atom. The van der Waals surface area contributed by atoms with Crippen LogP contribution in [0.5, 0.6) is 17.2 Å². The molecule has 1 aliphatic rings. The van der Waals surface area contributed by atoms with Crippen molar-refractivity contribution < 1.29 is 18.9 Å². The number of hydrogen-bond donors (Lipinski definition) is 0. The highest BCUT2D eigenvalue weighted by Gasteiger charge is 2.25. The van der Waals surface area contributed by atoms with E-state index < -0.39 is 0 Å². The topological polar surface area (TPSA) is 36.9 Å². The van der Waals surface area contributed by atoms with Gasteiger partial charge in [0.25, 0.3) is 0 Å². The largest absolute Gasteiger partial charge is 0.486 e. The maximum atomic E-state index is 5.76. The first-order valence-corrected chi connectivity index (χ1v) is 8.45. The zero-order valence-corrected chi connectivity index (χ0v) is 14.9. The summed E-state index contributed by atoms with van der Waals surface area (Å²) in [6, 6.07) is 17.2. The van der Waals surface area contributed by atoms with Crippen molar-refractivity contribution >= 4 is 0 Å². The molecule has 0 bridgehead atoms. The van der Waals surface area contributed by atoms with Gasteiger partial charge in [-0.2, -0.15) is 0 Å². The van der Waals surface area contributed by atoms with Crippen molar-refractivity contribution in [2.75, 3.05) is 6.61 Å². The van der Waals surface area contributed by atoms with Gasteiger partial charge in [-0.1, -0.05) is 39.0 Å². The molecule has 25 heavy (non-hydrogen) atoms. The molecule has 1 unspecified atom stereocenters. The molecule has 0 aliphatic carbocycles. The Morgan fingerprint density at radius 1 is 0.880 bits per heavy atom.